The molecule has 1 unspecified atom stereocenters. The fourth-order valence-corrected chi connectivity index (χ4v) is 4.91. The Kier molecular flexibility index (Phi) is 3.91. The van der Waals surface area contributed by atoms with E-state index in [0.29, 0.717) is 0 Å². The van der Waals surface area contributed by atoms with E-state index in [2.05, 4.69) is 0 Å². The lowest BCUT2D eigenvalue weighted by Crippen LogP contribution is -2.57. The minimum Gasteiger partial charge on any atom is -0.497 e. The summed E-state index contributed by atoms with van der Waals surface area (Å²) in [7, 11) is 0.324. The van der Waals surface area contributed by atoms with Gasteiger partial charge < -0.3 is 14.4 Å². The molecule has 2 saturated heterocycles. The molecule has 6 nitrogen and oxygen atoms in total. The summed E-state index contributed by atoms with van der Waals surface area (Å²) in [6.45, 7) is 3.59. The Morgan fingerprint density at radius 2 is 2.00 bits per heavy atom. The molecule has 3 atom stereocenters. The number of hydrogen-bond acceptors (Lipinski definition) is 5. The molecule has 0 aromatic heterocycles. The normalized spacial score (nSPS) is 28.0. The third-order valence-electron chi connectivity index (χ3n) is 4.41. The van der Waals surface area contributed by atoms with Crippen molar-refractivity contribution in [2.45, 2.75) is 43.0 Å². The van der Waals surface area contributed by atoms with Gasteiger partial charge in [0, 0.05) is 0 Å². The van der Waals surface area contributed by atoms with Gasteiger partial charge in [-0.25, -0.2) is 4.79 Å². The maximum atomic E-state index is 12.5. The van der Waals surface area contributed by atoms with Gasteiger partial charge in [-0.3, -0.25) is 9.00 Å². The predicted molar refractivity (Wildman–Crippen MR) is 84.1 cm³/mol. The lowest BCUT2D eigenvalue weighted by molar-refractivity contribution is -0.162. The number of carbonyl (C=O) groups excluding carboxylic acids is 2. The van der Waals surface area contributed by atoms with E-state index in [0.717, 1.165) is 11.3 Å². The van der Waals surface area contributed by atoms with Gasteiger partial charge in [-0.1, -0.05) is 12.1 Å². The van der Waals surface area contributed by atoms with E-state index < -0.39 is 27.6 Å². The lowest BCUT2D eigenvalue weighted by Gasteiger charge is -2.36. The Morgan fingerprint density at radius 1 is 1.35 bits per heavy atom. The molecule has 2 aliphatic rings. The van der Waals surface area contributed by atoms with Gasteiger partial charge in [-0.05, 0) is 31.5 Å². The highest BCUT2D eigenvalue weighted by Crippen LogP contribution is 2.43. The van der Waals surface area contributed by atoms with E-state index in [-0.39, 0.29) is 24.3 Å². The number of benzene rings is 1. The molecule has 2 fully saturated rings. The number of rotatable bonds is 4. The van der Waals surface area contributed by atoms with Crippen LogP contribution in [-0.4, -0.2) is 44.3 Å². The molecule has 3 rings (SSSR count). The van der Waals surface area contributed by atoms with Crippen molar-refractivity contribution in [2.24, 2.45) is 0 Å². The molecule has 1 aromatic rings. The summed E-state index contributed by atoms with van der Waals surface area (Å²) in [4.78, 5) is 25.7. The van der Waals surface area contributed by atoms with Crippen LogP contribution in [0.1, 0.15) is 25.8 Å². The predicted octanol–water partition coefficient (Wildman–Crippen LogP) is 1.21. The fourth-order valence-electron chi connectivity index (χ4n) is 3.04. The van der Waals surface area contributed by atoms with Gasteiger partial charge in [-0.2, -0.15) is 0 Å². The average molecular weight is 337 g/mol. The number of amides is 1. The number of fused-ring (bicyclic) bond motifs is 1. The number of β-lactam (4-membered cyclic amide) rings is 1. The van der Waals surface area contributed by atoms with Crippen LogP contribution in [0.3, 0.4) is 0 Å². The van der Waals surface area contributed by atoms with Crippen molar-refractivity contribution >= 4 is 22.7 Å². The van der Waals surface area contributed by atoms with Gasteiger partial charge in [0.25, 0.3) is 0 Å². The first-order valence-electron chi connectivity index (χ1n) is 7.37. The molecule has 0 bridgehead atoms. The zero-order chi connectivity index (χ0) is 16.8. The summed E-state index contributed by atoms with van der Waals surface area (Å²) in [6.07, 6.45) is 0.248. The second kappa shape index (κ2) is 5.63. The number of nitrogens with zero attached hydrogens (tertiary/aromatic N) is 1. The summed E-state index contributed by atoms with van der Waals surface area (Å²) in [5.41, 5.74) is 0.822. The number of carbonyl (C=O) groups is 2. The maximum absolute atomic E-state index is 12.5. The number of hydrogen-bond donors (Lipinski definition) is 0. The number of methoxy groups -OCH3 is 1. The molecule has 124 valence electrons. The minimum absolute atomic E-state index is 0.106. The second-order valence-electron chi connectivity index (χ2n) is 6.22. The molecule has 0 spiro atoms. The van der Waals surface area contributed by atoms with Crippen LogP contribution >= 0.6 is 0 Å². The van der Waals surface area contributed by atoms with Crippen LogP contribution in [0.15, 0.2) is 24.3 Å². The van der Waals surface area contributed by atoms with Gasteiger partial charge in [0.2, 0.25) is 5.91 Å². The van der Waals surface area contributed by atoms with E-state index in [1.807, 2.05) is 12.1 Å². The number of ether oxygens (including phenoxy) is 2. The largest absolute Gasteiger partial charge is 0.497 e. The SMILES string of the molecule is COc1ccc(COC(=O)[C@@H]2N3C(=O)C[C@H]3S(=O)C2(C)C)cc1. The molecule has 1 aromatic carbocycles. The highest BCUT2D eigenvalue weighted by molar-refractivity contribution is 7.87. The minimum atomic E-state index is -1.26. The molecule has 23 heavy (non-hydrogen) atoms. The van der Waals surface area contributed by atoms with Crippen LogP contribution in [0.2, 0.25) is 0 Å². The Balaban J connectivity index is 1.69. The Bertz CT molecular complexity index is 670. The third-order valence-corrected chi connectivity index (χ3v) is 6.56. The number of esters is 1. The molecule has 7 heteroatoms. The second-order valence-corrected chi connectivity index (χ2v) is 8.41. The summed E-state index contributed by atoms with van der Waals surface area (Å²) in [6, 6.07) is 6.40. The zero-order valence-electron chi connectivity index (χ0n) is 13.3. The van der Waals surface area contributed by atoms with Crippen LogP contribution in [0, 0.1) is 0 Å². The zero-order valence-corrected chi connectivity index (χ0v) is 14.1. The molecule has 0 N–H and O–H groups in total. The van der Waals surface area contributed by atoms with Gasteiger partial charge in [0.15, 0.2) is 0 Å². The van der Waals surface area contributed by atoms with Gasteiger partial charge in [0.1, 0.15) is 23.8 Å². The van der Waals surface area contributed by atoms with Crippen molar-refractivity contribution in [1.82, 2.24) is 4.90 Å². The first-order valence-corrected chi connectivity index (χ1v) is 8.59. The van der Waals surface area contributed by atoms with Crippen molar-refractivity contribution in [3.63, 3.8) is 0 Å². The van der Waals surface area contributed by atoms with Crippen molar-refractivity contribution in [3.05, 3.63) is 29.8 Å². The van der Waals surface area contributed by atoms with Crippen LogP contribution in [0.4, 0.5) is 0 Å². The highest BCUT2D eigenvalue weighted by Gasteiger charge is 2.63. The molecule has 2 aliphatic heterocycles. The average Bonchev–Trinajstić information content (AvgIpc) is 2.70. The monoisotopic (exact) mass is 337 g/mol. The summed E-state index contributed by atoms with van der Waals surface area (Å²) in [5.74, 6) is 0.0801. The smallest absolute Gasteiger partial charge is 0.330 e. The van der Waals surface area contributed by atoms with Crippen LogP contribution in [-0.2, 0) is 31.7 Å². The third kappa shape index (κ3) is 2.52. The molecular formula is C16H19NO5S. The molecule has 0 radical (unpaired) electrons. The van der Waals surface area contributed by atoms with Crippen LogP contribution < -0.4 is 4.74 Å². The topological polar surface area (TPSA) is 72.9 Å². The van der Waals surface area contributed by atoms with Gasteiger partial charge in [0.05, 0.1) is 29.1 Å². The molecule has 0 saturated carbocycles. The first kappa shape index (κ1) is 16.0. The van der Waals surface area contributed by atoms with Gasteiger partial charge in [-0.15, -0.1) is 0 Å². The van der Waals surface area contributed by atoms with Crippen LogP contribution in [0.25, 0.3) is 0 Å². The standard InChI is InChI=1S/C16H19NO5S/c1-16(2)14(17-12(18)8-13(17)23(16)20)15(19)22-9-10-4-6-11(21-3)7-5-10/h4-7,13-14H,8-9H2,1-3H3/t13-,14+,23?/m1/s1. The van der Waals surface area contributed by atoms with Crippen molar-refractivity contribution < 1.29 is 23.3 Å². The van der Waals surface area contributed by atoms with E-state index in [4.69, 9.17) is 9.47 Å². The lowest BCUT2D eigenvalue weighted by atomic mass is 9.98. The summed E-state index contributed by atoms with van der Waals surface area (Å²) in [5, 5.41) is -0.351. The summed E-state index contributed by atoms with van der Waals surface area (Å²) >= 11 is 0. The molecule has 1 amide bonds. The molecule has 2 heterocycles. The van der Waals surface area contributed by atoms with Crippen molar-refractivity contribution in [2.75, 3.05) is 7.11 Å². The van der Waals surface area contributed by atoms with E-state index in [1.165, 1.54) is 4.90 Å². The fraction of sp³-hybridized carbons (Fsp3) is 0.500. The molecular weight excluding hydrogens is 318 g/mol. The van der Waals surface area contributed by atoms with Crippen molar-refractivity contribution in [3.8, 4) is 5.75 Å². The Labute approximate surface area is 137 Å². The highest BCUT2D eigenvalue weighted by atomic mass is 32.2. The quantitative estimate of drug-likeness (QED) is 0.610. The van der Waals surface area contributed by atoms with Crippen LogP contribution in [0.5, 0.6) is 5.75 Å². The molecule has 0 aliphatic carbocycles. The first-order chi connectivity index (χ1) is 10.9. The Hall–Kier alpha value is -1.89. The van der Waals surface area contributed by atoms with E-state index >= 15 is 0 Å². The van der Waals surface area contributed by atoms with Crippen molar-refractivity contribution in [1.29, 1.82) is 0 Å². The maximum Gasteiger partial charge on any atom is 0.330 e. The summed E-state index contributed by atoms with van der Waals surface area (Å²) < 4.78 is 22.0. The van der Waals surface area contributed by atoms with E-state index in [9.17, 15) is 13.8 Å². The van der Waals surface area contributed by atoms with Gasteiger partial charge >= 0.3 is 5.97 Å². The Morgan fingerprint density at radius 3 is 2.57 bits per heavy atom. The van der Waals surface area contributed by atoms with E-state index in [1.54, 1.807) is 33.1 Å².